The number of nitrogens with one attached hydrogen (secondary N) is 1. The molecular weight excluding hydrogens is 339 g/mol. The van der Waals surface area contributed by atoms with E-state index in [0.717, 1.165) is 12.1 Å². The first kappa shape index (κ1) is 17.1. The predicted molar refractivity (Wildman–Crippen MR) is 74.6 cm³/mol. The number of ether oxygens (including phenoxy) is 1. The van der Waals surface area contributed by atoms with Crippen LogP contribution >= 0.6 is 0 Å². The Morgan fingerprint density at radius 3 is 2.52 bits per heavy atom. The molecule has 0 spiro atoms. The second kappa shape index (κ2) is 5.76. The van der Waals surface area contributed by atoms with Crippen molar-refractivity contribution in [2.24, 2.45) is 0 Å². The van der Waals surface area contributed by atoms with E-state index in [1.165, 1.54) is 6.07 Å². The molecule has 0 bridgehead atoms. The van der Waals surface area contributed by atoms with Crippen molar-refractivity contribution in [3.05, 3.63) is 29.5 Å². The van der Waals surface area contributed by atoms with Crippen molar-refractivity contribution < 1.29 is 35.3 Å². The summed E-state index contributed by atoms with van der Waals surface area (Å²) in [5.41, 5.74) is -4.56. The normalized spacial score (nSPS) is 12.4. The number of carbonyl (C=O) groups excluding carboxylic acids is 1. The molecule has 0 saturated carbocycles. The van der Waals surface area contributed by atoms with Gasteiger partial charge in [-0.2, -0.15) is 21.6 Å². The molecule has 23 heavy (non-hydrogen) atoms. The van der Waals surface area contributed by atoms with Crippen LogP contribution in [0.15, 0.2) is 18.2 Å². The number of aryl methyl sites for hydroxylation is 1. The number of alkyl halides is 3. The molecule has 1 heterocycles. The summed E-state index contributed by atoms with van der Waals surface area (Å²) in [6, 6.07) is 3.40. The fourth-order valence-corrected chi connectivity index (χ4v) is 2.45. The largest absolute Gasteiger partial charge is 0.534 e. The molecule has 1 aromatic heterocycles. The zero-order valence-corrected chi connectivity index (χ0v) is 12.8. The van der Waals surface area contributed by atoms with Gasteiger partial charge in [0.1, 0.15) is 5.75 Å². The minimum atomic E-state index is -5.78. The molecule has 10 heteroatoms. The number of carbonyl (C=O) groups is 1. The smallest absolute Gasteiger partial charge is 0.462 e. The van der Waals surface area contributed by atoms with Gasteiger partial charge in [-0.05, 0) is 32.0 Å². The van der Waals surface area contributed by atoms with Crippen LogP contribution in [0.3, 0.4) is 0 Å². The maximum absolute atomic E-state index is 12.4. The molecule has 1 aromatic carbocycles. The van der Waals surface area contributed by atoms with Crippen LogP contribution in [0.2, 0.25) is 0 Å². The third-order valence-electron chi connectivity index (χ3n) is 2.93. The molecule has 2 rings (SSSR count). The highest BCUT2D eigenvalue weighted by atomic mass is 32.2. The Balaban J connectivity index is 2.50. The first-order valence-corrected chi connectivity index (χ1v) is 7.78. The van der Waals surface area contributed by atoms with E-state index in [1.54, 1.807) is 13.8 Å². The zero-order chi connectivity index (χ0) is 17.4. The van der Waals surface area contributed by atoms with Crippen molar-refractivity contribution in [1.29, 1.82) is 0 Å². The number of hydrogen-bond acceptors (Lipinski definition) is 5. The quantitative estimate of drug-likeness (QED) is 0.520. The summed E-state index contributed by atoms with van der Waals surface area (Å²) in [7, 11) is -5.78. The summed E-state index contributed by atoms with van der Waals surface area (Å²) in [6.45, 7) is 3.30. The van der Waals surface area contributed by atoms with E-state index in [-0.39, 0.29) is 17.6 Å². The SMILES string of the molecule is CCOC(=O)c1c(C)[nH]c2ccc(OS(=O)(=O)C(F)(F)F)cc12. The van der Waals surface area contributed by atoms with Crippen LogP contribution in [0.1, 0.15) is 23.0 Å². The third kappa shape index (κ3) is 3.26. The van der Waals surface area contributed by atoms with Gasteiger partial charge in [-0.25, -0.2) is 4.79 Å². The average Bonchev–Trinajstić information content (AvgIpc) is 2.72. The van der Waals surface area contributed by atoms with Crippen molar-refractivity contribution in [3.8, 4) is 5.75 Å². The van der Waals surface area contributed by atoms with Crippen LogP contribution in [0.5, 0.6) is 5.75 Å². The Bertz CT molecular complexity index is 854. The fraction of sp³-hybridized carbons (Fsp3) is 0.308. The van der Waals surface area contributed by atoms with Gasteiger partial charge in [0.25, 0.3) is 0 Å². The topological polar surface area (TPSA) is 85.5 Å². The van der Waals surface area contributed by atoms with Gasteiger partial charge in [0, 0.05) is 16.6 Å². The van der Waals surface area contributed by atoms with Gasteiger partial charge in [-0.3, -0.25) is 0 Å². The molecule has 0 radical (unpaired) electrons. The molecule has 0 fully saturated rings. The number of esters is 1. The number of hydrogen-bond donors (Lipinski definition) is 1. The van der Waals surface area contributed by atoms with Crippen LogP contribution in [0.25, 0.3) is 10.9 Å². The van der Waals surface area contributed by atoms with Gasteiger partial charge in [0.05, 0.1) is 12.2 Å². The third-order valence-corrected chi connectivity index (χ3v) is 3.91. The van der Waals surface area contributed by atoms with E-state index in [9.17, 15) is 26.4 Å². The maximum Gasteiger partial charge on any atom is 0.534 e. The number of aromatic amines is 1. The second-order valence-corrected chi connectivity index (χ2v) is 6.07. The van der Waals surface area contributed by atoms with Gasteiger partial charge in [0.15, 0.2) is 0 Å². The maximum atomic E-state index is 12.4. The molecule has 126 valence electrons. The van der Waals surface area contributed by atoms with E-state index >= 15 is 0 Å². The number of fused-ring (bicyclic) bond motifs is 1. The molecule has 0 atom stereocenters. The van der Waals surface area contributed by atoms with Gasteiger partial charge in [-0.15, -0.1) is 0 Å². The first-order valence-electron chi connectivity index (χ1n) is 6.37. The monoisotopic (exact) mass is 351 g/mol. The van der Waals surface area contributed by atoms with Crippen LogP contribution in [-0.2, 0) is 14.9 Å². The Morgan fingerprint density at radius 2 is 1.96 bits per heavy atom. The zero-order valence-electron chi connectivity index (χ0n) is 12.0. The number of halogens is 3. The van der Waals surface area contributed by atoms with Crippen LogP contribution in [0, 0.1) is 6.92 Å². The summed E-state index contributed by atoms with van der Waals surface area (Å²) in [4.78, 5) is 14.8. The lowest BCUT2D eigenvalue weighted by molar-refractivity contribution is -0.0500. The molecular formula is C13H12F3NO5S. The van der Waals surface area contributed by atoms with Crippen molar-refractivity contribution in [2.75, 3.05) is 6.61 Å². The summed E-state index contributed by atoms with van der Waals surface area (Å²) in [6.07, 6.45) is 0. The van der Waals surface area contributed by atoms with Crippen LogP contribution in [0.4, 0.5) is 13.2 Å². The first-order chi connectivity index (χ1) is 10.6. The second-order valence-electron chi connectivity index (χ2n) is 4.54. The molecule has 2 aromatic rings. The summed E-state index contributed by atoms with van der Waals surface area (Å²) in [5, 5.41) is 0.204. The molecule has 0 aliphatic heterocycles. The van der Waals surface area contributed by atoms with Crippen molar-refractivity contribution in [3.63, 3.8) is 0 Å². The van der Waals surface area contributed by atoms with E-state index in [2.05, 4.69) is 9.17 Å². The lowest BCUT2D eigenvalue weighted by atomic mass is 10.1. The molecule has 0 saturated heterocycles. The Kier molecular flexibility index (Phi) is 4.29. The summed E-state index contributed by atoms with van der Waals surface area (Å²) < 4.78 is 68.1. The number of rotatable bonds is 4. The molecule has 0 aliphatic rings. The van der Waals surface area contributed by atoms with Gasteiger partial charge >= 0.3 is 21.6 Å². The predicted octanol–water partition coefficient (Wildman–Crippen LogP) is 2.88. The molecule has 1 N–H and O–H groups in total. The minimum Gasteiger partial charge on any atom is -0.462 e. The average molecular weight is 351 g/mol. The Morgan fingerprint density at radius 1 is 1.30 bits per heavy atom. The molecule has 0 unspecified atom stereocenters. The lowest BCUT2D eigenvalue weighted by Gasteiger charge is -2.09. The molecule has 0 amide bonds. The molecule has 6 nitrogen and oxygen atoms in total. The summed E-state index contributed by atoms with van der Waals surface area (Å²) in [5.74, 6) is -1.23. The number of benzene rings is 1. The lowest BCUT2D eigenvalue weighted by Crippen LogP contribution is -2.28. The van der Waals surface area contributed by atoms with Crippen molar-refractivity contribution >= 4 is 27.0 Å². The van der Waals surface area contributed by atoms with Gasteiger partial charge in [0.2, 0.25) is 0 Å². The Labute approximate surface area is 129 Å². The van der Waals surface area contributed by atoms with Gasteiger partial charge in [-0.1, -0.05) is 0 Å². The van der Waals surface area contributed by atoms with Crippen LogP contribution < -0.4 is 4.18 Å². The van der Waals surface area contributed by atoms with Crippen molar-refractivity contribution in [2.45, 2.75) is 19.4 Å². The molecule has 0 aliphatic carbocycles. The van der Waals surface area contributed by atoms with E-state index < -0.39 is 27.3 Å². The van der Waals surface area contributed by atoms with Gasteiger partial charge < -0.3 is 13.9 Å². The standard InChI is InChI=1S/C13H12F3NO5S/c1-3-21-12(18)11-7(2)17-10-5-4-8(6-9(10)11)22-23(19,20)13(14,15)16/h4-6,17H,3H2,1-2H3. The van der Waals surface area contributed by atoms with Crippen molar-refractivity contribution in [1.82, 2.24) is 4.98 Å². The Hall–Kier alpha value is -2.23. The van der Waals surface area contributed by atoms with E-state index in [0.29, 0.717) is 11.2 Å². The minimum absolute atomic E-state index is 0.108. The number of aromatic nitrogens is 1. The number of H-pyrrole nitrogens is 1. The summed E-state index contributed by atoms with van der Waals surface area (Å²) >= 11 is 0. The van der Waals surface area contributed by atoms with E-state index in [1.807, 2.05) is 0 Å². The van der Waals surface area contributed by atoms with Crippen LogP contribution in [-0.4, -0.2) is 31.5 Å². The highest BCUT2D eigenvalue weighted by Gasteiger charge is 2.48. The van der Waals surface area contributed by atoms with E-state index in [4.69, 9.17) is 4.74 Å². The fourth-order valence-electron chi connectivity index (χ4n) is 2.00. The highest BCUT2D eigenvalue weighted by Crippen LogP contribution is 2.31. The highest BCUT2D eigenvalue weighted by molar-refractivity contribution is 7.88.